The summed E-state index contributed by atoms with van der Waals surface area (Å²) >= 11 is 0. The Labute approximate surface area is 230 Å². The molecule has 1 spiro atoms. The number of benzene rings is 1. The second-order valence-electron chi connectivity index (χ2n) is 10.8. The van der Waals surface area contributed by atoms with Gasteiger partial charge in [0.2, 0.25) is 18.5 Å². The Morgan fingerprint density at radius 1 is 1.18 bits per heavy atom. The summed E-state index contributed by atoms with van der Waals surface area (Å²) in [6.45, 7) is 2.15. The van der Waals surface area contributed by atoms with E-state index >= 15 is 0 Å². The summed E-state index contributed by atoms with van der Waals surface area (Å²) in [6.07, 6.45) is 4.76. The average molecular weight is 550 g/mol. The van der Waals surface area contributed by atoms with Gasteiger partial charge in [0.05, 0.1) is 18.3 Å². The highest BCUT2D eigenvalue weighted by atomic mass is 16.7. The number of Topliss-reactive ketones (excluding diaryl/α,β-unsaturated/α-hetero) is 1. The molecule has 12 nitrogen and oxygen atoms in total. The van der Waals surface area contributed by atoms with Gasteiger partial charge in [-0.2, -0.15) is 0 Å². The monoisotopic (exact) mass is 549 g/mol. The molecular formula is C28H31N5O7. The van der Waals surface area contributed by atoms with Crippen LogP contribution in [0.1, 0.15) is 61.5 Å². The van der Waals surface area contributed by atoms with Crippen molar-refractivity contribution in [3.63, 3.8) is 0 Å². The molecule has 2 fully saturated rings. The maximum atomic E-state index is 13.7. The molecule has 1 aliphatic carbocycles. The molecule has 3 atom stereocenters. The summed E-state index contributed by atoms with van der Waals surface area (Å²) in [6, 6.07) is 6.95. The van der Waals surface area contributed by atoms with E-state index in [1.807, 2.05) is 19.1 Å². The number of hydrogen-bond donors (Lipinski definition) is 3. The first-order valence-corrected chi connectivity index (χ1v) is 13.6. The summed E-state index contributed by atoms with van der Waals surface area (Å²) in [7, 11) is 0. The molecule has 0 unspecified atom stereocenters. The smallest absolute Gasteiger partial charge is 0.289 e. The van der Waals surface area contributed by atoms with Crippen molar-refractivity contribution in [1.82, 2.24) is 20.5 Å². The number of likely N-dealkylation sites (tertiary alicyclic amines) is 1. The van der Waals surface area contributed by atoms with E-state index in [0.717, 1.165) is 18.4 Å². The van der Waals surface area contributed by atoms with Crippen LogP contribution >= 0.6 is 0 Å². The van der Waals surface area contributed by atoms with Crippen LogP contribution in [0.3, 0.4) is 0 Å². The number of H-pyrrole nitrogens is 1. The van der Waals surface area contributed by atoms with E-state index in [4.69, 9.17) is 14.3 Å². The number of hydrogen-bond acceptors (Lipinski definition) is 8. The van der Waals surface area contributed by atoms with Crippen LogP contribution in [0.25, 0.3) is 0 Å². The number of amides is 3. The number of nitrogens with zero attached hydrogens (tertiary/aromatic N) is 2. The lowest BCUT2D eigenvalue weighted by Gasteiger charge is -2.25. The molecule has 6 rings (SSSR count). The van der Waals surface area contributed by atoms with E-state index in [2.05, 4.69) is 20.8 Å². The van der Waals surface area contributed by atoms with Crippen molar-refractivity contribution in [2.45, 2.75) is 69.2 Å². The maximum Gasteiger partial charge on any atom is 0.289 e. The minimum Gasteiger partial charge on any atom is -0.454 e. The Morgan fingerprint density at radius 3 is 2.75 bits per heavy atom. The first-order valence-electron chi connectivity index (χ1n) is 13.6. The molecule has 40 heavy (non-hydrogen) atoms. The molecule has 1 aromatic heterocycles. The van der Waals surface area contributed by atoms with E-state index in [9.17, 15) is 19.2 Å². The van der Waals surface area contributed by atoms with Gasteiger partial charge in [-0.15, -0.1) is 0 Å². The molecule has 3 N–H and O–H groups in total. The molecule has 3 amide bonds. The van der Waals surface area contributed by atoms with Crippen LogP contribution in [0.15, 0.2) is 41.7 Å². The molecule has 0 radical (unpaired) electrons. The summed E-state index contributed by atoms with van der Waals surface area (Å²) in [5.74, 6) is -0.979. The largest absolute Gasteiger partial charge is 0.454 e. The average Bonchev–Trinajstić information content (AvgIpc) is 3.42. The summed E-state index contributed by atoms with van der Waals surface area (Å²) in [5.41, 5.74) is 0.868. The summed E-state index contributed by atoms with van der Waals surface area (Å²) in [5, 5.41) is 9.79. The molecule has 4 aliphatic rings. The molecule has 210 valence electrons. The van der Waals surface area contributed by atoms with Gasteiger partial charge < -0.3 is 34.8 Å². The van der Waals surface area contributed by atoms with Crippen molar-refractivity contribution in [2.75, 3.05) is 13.3 Å². The van der Waals surface area contributed by atoms with Crippen molar-refractivity contribution >= 4 is 29.2 Å². The van der Waals surface area contributed by atoms with Crippen molar-refractivity contribution < 1.29 is 33.5 Å². The Hall–Kier alpha value is -4.35. The van der Waals surface area contributed by atoms with E-state index in [0.29, 0.717) is 42.2 Å². The zero-order valence-corrected chi connectivity index (χ0v) is 22.1. The third kappa shape index (κ3) is 5.01. The molecule has 4 heterocycles. The van der Waals surface area contributed by atoms with Gasteiger partial charge in [0, 0.05) is 30.6 Å². The van der Waals surface area contributed by atoms with Gasteiger partial charge in [-0.25, -0.2) is 0 Å². The van der Waals surface area contributed by atoms with Crippen molar-refractivity contribution in [3.8, 4) is 11.5 Å². The fourth-order valence-corrected chi connectivity index (χ4v) is 5.43. The molecule has 1 aromatic carbocycles. The van der Waals surface area contributed by atoms with Crippen LogP contribution in [0.2, 0.25) is 0 Å². The highest BCUT2D eigenvalue weighted by molar-refractivity contribution is 6.38. The van der Waals surface area contributed by atoms with Gasteiger partial charge in [-0.05, 0) is 49.6 Å². The summed E-state index contributed by atoms with van der Waals surface area (Å²) < 4.78 is 10.9. The SMILES string of the molecule is CCC[C@H](NC(=O)[C@@H]1C[C@]2(CC(c3ccc4c(c3)OCO4)=NO2)CN1C(=O)c1ccc[nH]1)C(=O)C(=O)NC1CC1. The Kier molecular flexibility index (Phi) is 6.68. The number of ketones is 1. The minimum absolute atomic E-state index is 0.0245. The molecule has 1 saturated heterocycles. The molecular weight excluding hydrogens is 518 g/mol. The second kappa shape index (κ2) is 10.3. The lowest BCUT2D eigenvalue weighted by atomic mass is 9.91. The number of ether oxygens (including phenoxy) is 2. The number of oxime groups is 1. The zero-order valence-electron chi connectivity index (χ0n) is 22.1. The molecule has 0 bridgehead atoms. The van der Waals surface area contributed by atoms with Crippen molar-refractivity contribution in [1.29, 1.82) is 0 Å². The normalized spacial score (nSPS) is 23.5. The van der Waals surface area contributed by atoms with Gasteiger partial charge in [0.25, 0.3) is 11.8 Å². The van der Waals surface area contributed by atoms with E-state index in [1.165, 1.54) is 4.90 Å². The highest BCUT2D eigenvalue weighted by Gasteiger charge is 2.54. The highest BCUT2D eigenvalue weighted by Crippen LogP contribution is 2.41. The number of rotatable bonds is 9. The van der Waals surface area contributed by atoms with Crippen molar-refractivity contribution in [2.24, 2.45) is 5.16 Å². The number of carbonyl (C=O) groups is 4. The number of nitrogens with one attached hydrogen (secondary N) is 3. The third-order valence-corrected chi connectivity index (χ3v) is 7.68. The number of aromatic nitrogens is 1. The molecule has 2 aromatic rings. The first kappa shape index (κ1) is 25.9. The van der Waals surface area contributed by atoms with Gasteiger partial charge in [0.15, 0.2) is 17.1 Å². The number of carbonyl (C=O) groups excluding carboxylic acids is 4. The lowest BCUT2D eigenvalue weighted by Crippen LogP contribution is -2.53. The van der Waals surface area contributed by atoms with Crippen LogP contribution in [-0.2, 0) is 19.2 Å². The Bertz CT molecular complexity index is 1370. The van der Waals surface area contributed by atoms with E-state index in [-0.39, 0.29) is 31.7 Å². The van der Waals surface area contributed by atoms with Gasteiger partial charge in [-0.1, -0.05) is 18.5 Å². The predicted molar refractivity (Wildman–Crippen MR) is 141 cm³/mol. The van der Waals surface area contributed by atoms with Crippen molar-refractivity contribution in [3.05, 3.63) is 47.8 Å². The standard InChI is InChI=1S/C28H31N5O7/c1-2-4-18(24(34)26(36)30-17-7-8-17)31-25(35)21-13-28(14-33(21)27(37)19-5-3-10-29-19)12-20(32-40-28)16-6-9-22-23(11-16)39-15-38-22/h3,5-6,9-11,17-18,21,29H,2,4,7-8,12-15H2,1H3,(H,30,36)(H,31,35)/t18-,21-,28+/m0/s1. The quantitative estimate of drug-likeness (QED) is 0.402. The fourth-order valence-electron chi connectivity index (χ4n) is 5.43. The number of aromatic amines is 1. The van der Waals surface area contributed by atoms with E-state index < -0.39 is 35.3 Å². The number of fused-ring (bicyclic) bond motifs is 1. The maximum absolute atomic E-state index is 13.7. The predicted octanol–water partition coefficient (Wildman–Crippen LogP) is 1.65. The summed E-state index contributed by atoms with van der Waals surface area (Å²) in [4.78, 5) is 62.8. The Morgan fingerprint density at radius 2 is 2.00 bits per heavy atom. The first-order chi connectivity index (χ1) is 19.4. The van der Waals surface area contributed by atoms with Crippen LogP contribution < -0.4 is 20.1 Å². The molecule has 1 saturated carbocycles. The molecule has 12 heteroatoms. The van der Waals surface area contributed by atoms with Gasteiger partial charge >= 0.3 is 0 Å². The van der Waals surface area contributed by atoms with Crippen LogP contribution in [0, 0.1) is 0 Å². The van der Waals surface area contributed by atoms with Crippen LogP contribution in [0.4, 0.5) is 0 Å². The topological polar surface area (TPSA) is 151 Å². The van der Waals surface area contributed by atoms with Crippen LogP contribution in [0.5, 0.6) is 11.5 Å². The van der Waals surface area contributed by atoms with E-state index in [1.54, 1.807) is 24.4 Å². The lowest BCUT2D eigenvalue weighted by molar-refractivity contribution is -0.140. The molecule has 3 aliphatic heterocycles. The minimum atomic E-state index is -0.986. The van der Waals surface area contributed by atoms with Gasteiger partial charge in [-0.3, -0.25) is 19.2 Å². The third-order valence-electron chi connectivity index (χ3n) is 7.68. The zero-order chi connectivity index (χ0) is 27.9. The van der Waals surface area contributed by atoms with Crippen LogP contribution in [-0.4, -0.2) is 76.2 Å². The Balaban J connectivity index is 1.21. The second-order valence-corrected chi connectivity index (χ2v) is 10.8. The fraction of sp³-hybridized carbons (Fsp3) is 0.464. The van der Waals surface area contributed by atoms with Gasteiger partial charge in [0.1, 0.15) is 11.7 Å².